The molecule has 3 aromatic rings. The lowest BCUT2D eigenvalue weighted by atomic mass is 10.2. The molecule has 0 amide bonds. The molecule has 3 rings (SSSR count). The molecule has 0 bridgehead atoms. The summed E-state index contributed by atoms with van der Waals surface area (Å²) in [5.41, 5.74) is 6.66. The van der Waals surface area contributed by atoms with Gasteiger partial charge in [-0.15, -0.1) is 0 Å². The molecule has 25 heavy (non-hydrogen) atoms. The van der Waals surface area contributed by atoms with E-state index >= 15 is 0 Å². The molecule has 0 aromatic heterocycles. The van der Waals surface area contributed by atoms with Gasteiger partial charge < -0.3 is 0 Å². The summed E-state index contributed by atoms with van der Waals surface area (Å²) >= 11 is 0. The van der Waals surface area contributed by atoms with E-state index in [1.54, 1.807) is 0 Å². The lowest BCUT2D eigenvalue weighted by molar-refractivity contribution is 1.39. The van der Waals surface area contributed by atoms with Gasteiger partial charge in [0.2, 0.25) is 0 Å². The molecule has 0 unspecified atom stereocenters. The molecule has 0 saturated carbocycles. The molecule has 3 aromatic carbocycles. The third-order valence-electron chi connectivity index (χ3n) is 3.33. The molecule has 0 atom stereocenters. The van der Waals surface area contributed by atoms with Gasteiger partial charge in [-0.05, 0) is 34.6 Å². The van der Waals surface area contributed by atoms with Crippen molar-refractivity contribution in [2.24, 2.45) is 0 Å². The molecule has 0 aliphatic carbocycles. The molecule has 0 radical (unpaired) electrons. The third-order valence-corrected chi connectivity index (χ3v) is 3.33. The highest BCUT2D eigenvalue weighted by molar-refractivity contribution is 5.20. The first-order chi connectivity index (χ1) is 12.0. The van der Waals surface area contributed by atoms with Crippen LogP contribution in [-0.4, -0.2) is 0 Å². The first kappa shape index (κ1) is 22.7. The fourth-order valence-electron chi connectivity index (χ4n) is 1.98. The van der Waals surface area contributed by atoms with E-state index < -0.39 is 0 Å². The van der Waals surface area contributed by atoms with Crippen LogP contribution in [0.4, 0.5) is 0 Å². The predicted molar refractivity (Wildman–Crippen MR) is 114 cm³/mol. The maximum atomic E-state index is 2.17. The Labute approximate surface area is 155 Å². The van der Waals surface area contributed by atoms with Crippen molar-refractivity contribution in [2.75, 3.05) is 0 Å². The Hall–Kier alpha value is -2.34. The van der Waals surface area contributed by atoms with E-state index in [4.69, 9.17) is 0 Å². The maximum Gasteiger partial charge on any atom is -0.0398 e. The highest BCUT2D eigenvalue weighted by atomic mass is 13.9. The van der Waals surface area contributed by atoms with Gasteiger partial charge in [0.15, 0.2) is 0 Å². The van der Waals surface area contributed by atoms with Crippen LogP contribution in [0, 0.1) is 34.6 Å². The average molecular weight is 335 g/mol. The summed E-state index contributed by atoms with van der Waals surface area (Å²) in [6, 6.07) is 27.2. The van der Waals surface area contributed by atoms with E-state index in [0.29, 0.717) is 0 Å². The number of benzene rings is 3. The number of hydrogen-bond acceptors (Lipinski definition) is 0. The SMILES string of the molecule is CC.Cc1ccc(C)cc1.Cc1cccc(C)c1.Cc1ccccc1. The van der Waals surface area contributed by atoms with Crippen LogP contribution in [0.2, 0.25) is 0 Å². The van der Waals surface area contributed by atoms with Crippen LogP contribution in [0.15, 0.2) is 78.9 Å². The summed E-state index contributed by atoms with van der Waals surface area (Å²) in [5.74, 6) is 0. The van der Waals surface area contributed by atoms with Gasteiger partial charge in [0, 0.05) is 0 Å². The van der Waals surface area contributed by atoms with Crippen LogP contribution in [0.25, 0.3) is 0 Å². The van der Waals surface area contributed by atoms with E-state index in [9.17, 15) is 0 Å². The minimum Gasteiger partial charge on any atom is -0.0683 e. The van der Waals surface area contributed by atoms with Gasteiger partial charge in [0.1, 0.15) is 0 Å². The summed E-state index contributed by atoms with van der Waals surface area (Å²) in [4.78, 5) is 0. The van der Waals surface area contributed by atoms with E-state index in [1.165, 1.54) is 27.8 Å². The predicted octanol–water partition coefficient (Wildman–Crippen LogP) is 7.63. The van der Waals surface area contributed by atoms with Crippen molar-refractivity contribution >= 4 is 0 Å². The first-order valence-corrected chi connectivity index (χ1v) is 9.05. The second kappa shape index (κ2) is 14.0. The Bertz CT molecular complexity index is 626. The maximum absolute atomic E-state index is 2.17. The largest absolute Gasteiger partial charge is 0.0683 e. The molecule has 134 valence electrons. The van der Waals surface area contributed by atoms with Crippen molar-refractivity contribution in [1.82, 2.24) is 0 Å². The van der Waals surface area contributed by atoms with Gasteiger partial charge >= 0.3 is 0 Å². The summed E-state index contributed by atoms with van der Waals surface area (Å²) < 4.78 is 0. The van der Waals surface area contributed by atoms with Crippen molar-refractivity contribution < 1.29 is 0 Å². The summed E-state index contributed by atoms with van der Waals surface area (Å²) in [6.45, 7) is 14.5. The molecule has 0 nitrogen and oxygen atoms in total. The van der Waals surface area contributed by atoms with Crippen LogP contribution in [-0.2, 0) is 0 Å². The zero-order chi connectivity index (χ0) is 19.1. The van der Waals surface area contributed by atoms with Crippen molar-refractivity contribution in [1.29, 1.82) is 0 Å². The van der Waals surface area contributed by atoms with Crippen LogP contribution in [0.3, 0.4) is 0 Å². The van der Waals surface area contributed by atoms with Crippen molar-refractivity contribution in [2.45, 2.75) is 48.5 Å². The van der Waals surface area contributed by atoms with E-state index in [0.717, 1.165) is 0 Å². The lowest BCUT2D eigenvalue weighted by Gasteiger charge is -1.90. The molecule has 0 saturated heterocycles. The van der Waals surface area contributed by atoms with Crippen molar-refractivity contribution in [3.8, 4) is 0 Å². The molecule has 0 fully saturated rings. The molecule has 0 N–H and O–H groups in total. The van der Waals surface area contributed by atoms with Crippen LogP contribution in [0.1, 0.15) is 41.7 Å². The number of aryl methyl sites for hydroxylation is 5. The zero-order valence-electron chi connectivity index (χ0n) is 17.0. The third kappa shape index (κ3) is 12.7. The molecule has 0 aliphatic heterocycles. The minimum atomic E-state index is 1.32. The Morgan fingerprint density at radius 1 is 0.360 bits per heavy atom. The topological polar surface area (TPSA) is 0 Å². The fourth-order valence-corrected chi connectivity index (χ4v) is 1.98. The average Bonchev–Trinajstić information content (AvgIpc) is 2.61. The lowest BCUT2D eigenvalue weighted by Crippen LogP contribution is -1.71. The van der Waals surface area contributed by atoms with Gasteiger partial charge in [-0.25, -0.2) is 0 Å². The quantitative estimate of drug-likeness (QED) is 0.396. The number of rotatable bonds is 0. The highest BCUT2D eigenvalue weighted by Crippen LogP contribution is 2.00. The van der Waals surface area contributed by atoms with Gasteiger partial charge in [-0.3, -0.25) is 0 Å². The molecular formula is C25H34. The minimum absolute atomic E-state index is 1.32. The standard InChI is InChI=1S/2C8H10.C7H8.C2H6/c1-7-3-5-8(2)6-4-7;1-7-4-3-5-8(2)6-7;1-7-5-3-2-4-6-7;1-2/h2*3-6H,1-2H3;2-6H,1H3;1-2H3. The summed E-state index contributed by atoms with van der Waals surface area (Å²) in [7, 11) is 0. The van der Waals surface area contributed by atoms with Gasteiger partial charge in [0.25, 0.3) is 0 Å². The van der Waals surface area contributed by atoms with E-state index in [1.807, 2.05) is 32.0 Å². The monoisotopic (exact) mass is 334 g/mol. The van der Waals surface area contributed by atoms with Crippen LogP contribution < -0.4 is 0 Å². The van der Waals surface area contributed by atoms with Gasteiger partial charge in [0.05, 0.1) is 0 Å². The molecule has 0 aliphatic rings. The molecule has 0 spiro atoms. The fraction of sp³-hybridized carbons (Fsp3) is 0.280. The molecular weight excluding hydrogens is 300 g/mol. The number of hydrogen-bond donors (Lipinski definition) is 0. The Balaban J connectivity index is 0.000000330. The zero-order valence-corrected chi connectivity index (χ0v) is 17.0. The molecule has 0 heterocycles. The van der Waals surface area contributed by atoms with Gasteiger partial charge in [-0.1, -0.05) is 121 Å². The Kier molecular flexibility index (Phi) is 12.7. The van der Waals surface area contributed by atoms with Gasteiger partial charge in [-0.2, -0.15) is 0 Å². The van der Waals surface area contributed by atoms with Crippen LogP contribution >= 0.6 is 0 Å². The molecule has 0 heteroatoms. The summed E-state index contributed by atoms with van der Waals surface area (Å²) in [6.07, 6.45) is 0. The highest BCUT2D eigenvalue weighted by Gasteiger charge is 1.81. The second-order valence-corrected chi connectivity index (χ2v) is 5.97. The Morgan fingerprint density at radius 2 is 0.680 bits per heavy atom. The first-order valence-electron chi connectivity index (χ1n) is 9.05. The Morgan fingerprint density at radius 3 is 0.920 bits per heavy atom. The smallest absolute Gasteiger partial charge is 0.0398 e. The summed E-state index contributed by atoms with van der Waals surface area (Å²) in [5, 5.41) is 0. The van der Waals surface area contributed by atoms with Crippen LogP contribution in [0.5, 0.6) is 0 Å². The van der Waals surface area contributed by atoms with Crippen molar-refractivity contribution in [3.63, 3.8) is 0 Å². The van der Waals surface area contributed by atoms with Crippen molar-refractivity contribution in [3.05, 3.63) is 107 Å². The van der Waals surface area contributed by atoms with E-state index in [2.05, 4.69) is 95.3 Å². The second-order valence-electron chi connectivity index (χ2n) is 5.97. The normalized spacial score (nSPS) is 8.60. The van der Waals surface area contributed by atoms with E-state index in [-0.39, 0.29) is 0 Å².